The van der Waals surface area contributed by atoms with Gasteiger partial charge in [0, 0.05) is 31.9 Å². The number of benzene rings is 2. The Hall–Kier alpha value is -3.58. The zero-order chi connectivity index (χ0) is 23.9. The molecule has 3 aromatic rings. The Balaban J connectivity index is 1.47. The Morgan fingerprint density at radius 1 is 1.06 bits per heavy atom. The molecule has 0 spiro atoms. The number of nitrogens with zero attached hydrogens (tertiary/aromatic N) is 2. The van der Waals surface area contributed by atoms with Gasteiger partial charge in [-0.1, -0.05) is 12.1 Å². The van der Waals surface area contributed by atoms with E-state index in [1.54, 1.807) is 25.4 Å². The number of rotatable bonds is 8. The van der Waals surface area contributed by atoms with Crippen molar-refractivity contribution in [2.75, 3.05) is 31.6 Å². The molecule has 0 amide bonds. The van der Waals surface area contributed by atoms with Crippen LogP contribution < -0.4 is 19.7 Å². The summed E-state index contributed by atoms with van der Waals surface area (Å²) in [5, 5.41) is 3.47. The van der Waals surface area contributed by atoms with Crippen molar-refractivity contribution in [3.63, 3.8) is 0 Å². The standard InChI is InChI=1S/C27H31N3O4/c1-19(2)33-27(31)25-5-4-14-29-26(25)30-16-15-28-18-21(30)17-20-6-8-23(9-7-20)34-24-12-10-22(32-3)11-13-24/h4-14,19,21,28H,15-18H2,1-3H3. The second kappa shape index (κ2) is 11.0. The maximum atomic E-state index is 12.7. The van der Waals surface area contributed by atoms with Gasteiger partial charge in [0.15, 0.2) is 0 Å². The first-order valence-electron chi connectivity index (χ1n) is 11.6. The van der Waals surface area contributed by atoms with Crippen LogP contribution in [0.1, 0.15) is 29.8 Å². The summed E-state index contributed by atoms with van der Waals surface area (Å²) in [5.74, 6) is 2.67. The Morgan fingerprint density at radius 3 is 2.41 bits per heavy atom. The summed E-state index contributed by atoms with van der Waals surface area (Å²) in [6, 6.07) is 19.3. The van der Waals surface area contributed by atoms with Crippen molar-refractivity contribution in [1.29, 1.82) is 0 Å². The minimum absolute atomic E-state index is 0.155. The highest BCUT2D eigenvalue weighted by Gasteiger charge is 2.28. The van der Waals surface area contributed by atoms with Crippen molar-refractivity contribution in [1.82, 2.24) is 10.3 Å². The zero-order valence-corrected chi connectivity index (χ0v) is 19.9. The van der Waals surface area contributed by atoms with Gasteiger partial charge in [0.1, 0.15) is 28.6 Å². The number of hydrogen-bond acceptors (Lipinski definition) is 7. The Kier molecular flexibility index (Phi) is 7.65. The number of carbonyl (C=O) groups excluding carboxylic acids is 1. The molecule has 1 saturated heterocycles. The zero-order valence-electron chi connectivity index (χ0n) is 19.9. The Bertz CT molecular complexity index is 1080. The van der Waals surface area contributed by atoms with Crippen LogP contribution in [0.5, 0.6) is 17.2 Å². The largest absolute Gasteiger partial charge is 0.497 e. The molecule has 1 fully saturated rings. The fourth-order valence-corrected chi connectivity index (χ4v) is 4.03. The van der Waals surface area contributed by atoms with E-state index < -0.39 is 0 Å². The second-order valence-electron chi connectivity index (χ2n) is 8.51. The molecule has 0 bridgehead atoms. The molecule has 4 rings (SSSR count). The normalized spacial score (nSPS) is 15.8. The van der Waals surface area contributed by atoms with E-state index in [9.17, 15) is 4.79 Å². The predicted octanol–water partition coefficient (Wildman–Crippen LogP) is 4.47. The minimum atomic E-state index is -0.338. The highest BCUT2D eigenvalue weighted by Crippen LogP contribution is 2.26. The van der Waals surface area contributed by atoms with Gasteiger partial charge >= 0.3 is 5.97 Å². The molecule has 0 radical (unpaired) electrons. The van der Waals surface area contributed by atoms with Crippen molar-refractivity contribution in [3.05, 3.63) is 78.0 Å². The molecule has 1 N–H and O–H groups in total. The lowest BCUT2D eigenvalue weighted by atomic mass is 10.0. The van der Waals surface area contributed by atoms with Crippen molar-refractivity contribution in [3.8, 4) is 17.2 Å². The van der Waals surface area contributed by atoms with Gasteiger partial charge < -0.3 is 24.4 Å². The molecule has 1 aliphatic rings. The van der Waals surface area contributed by atoms with E-state index in [1.165, 1.54) is 5.56 Å². The lowest BCUT2D eigenvalue weighted by Crippen LogP contribution is -2.53. The number of nitrogens with one attached hydrogen (secondary N) is 1. The van der Waals surface area contributed by atoms with Crippen LogP contribution in [0.25, 0.3) is 0 Å². The first kappa shape index (κ1) is 23.6. The lowest BCUT2D eigenvalue weighted by Gasteiger charge is -2.38. The van der Waals surface area contributed by atoms with Crippen LogP contribution in [0.2, 0.25) is 0 Å². The number of aromatic nitrogens is 1. The molecule has 1 unspecified atom stereocenters. The molecule has 178 valence electrons. The Labute approximate surface area is 200 Å². The van der Waals surface area contributed by atoms with Gasteiger partial charge in [-0.2, -0.15) is 0 Å². The molecular weight excluding hydrogens is 430 g/mol. The maximum absolute atomic E-state index is 12.7. The van der Waals surface area contributed by atoms with E-state index in [2.05, 4.69) is 27.3 Å². The van der Waals surface area contributed by atoms with E-state index in [0.717, 1.165) is 43.3 Å². The molecule has 0 aliphatic carbocycles. The third kappa shape index (κ3) is 5.85. The van der Waals surface area contributed by atoms with Crippen molar-refractivity contribution in [2.24, 2.45) is 0 Å². The topological polar surface area (TPSA) is 72.9 Å². The van der Waals surface area contributed by atoms with E-state index in [4.69, 9.17) is 14.2 Å². The summed E-state index contributed by atoms with van der Waals surface area (Å²) < 4.78 is 16.6. The van der Waals surface area contributed by atoms with Crippen LogP contribution in [0, 0.1) is 0 Å². The minimum Gasteiger partial charge on any atom is -0.497 e. The third-order valence-electron chi connectivity index (χ3n) is 5.66. The summed E-state index contributed by atoms with van der Waals surface area (Å²) in [6.45, 7) is 6.11. The maximum Gasteiger partial charge on any atom is 0.342 e. The summed E-state index contributed by atoms with van der Waals surface area (Å²) >= 11 is 0. The fraction of sp³-hybridized carbons (Fsp3) is 0.333. The second-order valence-corrected chi connectivity index (χ2v) is 8.51. The number of esters is 1. The summed E-state index contributed by atoms with van der Waals surface area (Å²) in [4.78, 5) is 19.5. The Morgan fingerprint density at radius 2 is 1.74 bits per heavy atom. The van der Waals surface area contributed by atoms with Gasteiger partial charge in [-0.05, 0) is 74.4 Å². The van der Waals surface area contributed by atoms with Gasteiger partial charge in [-0.3, -0.25) is 0 Å². The summed E-state index contributed by atoms with van der Waals surface area (Å²) in [5.41, 5.74) is 1.69. The number of pyridine rings is 1. The number of hydrogen-bond donors (Lipinski definition) is 1. The van der Waals surface area contributed by atoms with Gasteiger partial charge in [-0.15, -0.1) is 0 Å². The van der Waals surface area contributed by atoms with E-state index in [1.807, 2.05) is 50.2 Å². The molecule has 1 aliphatic heterocycles. The van der Waals surface area contributed by atoms with Crippen molar-refractivity contribution < 1.29 is 19.0 Å². The SMILES string of the molecule is COc1ccc(Oc2ccc(CC3CNCCN3c3ncccc3C(=O)OC(C)C)cc2)cc1. The van der Waals surface area contributed by atoms with Crippen LogP contribution in [-0.2, 0) is 11.2 Å². The summed E-state index contributed by atoms with van der Waals surface area (Å²) in [7, 11) is 1.64. The molecular formula is C27H31N3O4. The first-order chi connectivity index (χ1) is 16.5. The summed E-state index contributed by atoms with van der Waals surface area (Å²) in [6.07, 6.45) is 2.36. The number of carbonyl (C=O) groups is 1. The van der Waals surface area contributed by atoms with E-state index in [-0.39, 0.29) is 18.1 Å². The van der Waals surface area contributed by atoms with Gasteiger partial charge in [0.2, 0.25) is 0 Å². The van der Waals surface area contributed by atoms with Crippen LogP contribution in [-0.4, -0.2) is 49.8 Å². The average Bonchev–Trinajstić information content (AvgIpc) is 2.86. The highest BCUT2D eigenvalue weighted by molar-refractivity contribution is 5.95. The molecule has 1 atom stereocenters. The third-order valence-corrected chi connectivity index (χ3v) is 5.66. The highest BCUT2D eigenvalue weighted by atomic mass is 16.5. The number of anilines is 1. The molecule has 1 aromatic heterocycles. The predicted molar refractivity (Wildman–Crippen MR) is 132 cm³/mol. The van der Waals surface area contributed by atoms with Gasteiger partial charge in [-0.25, -0.2) is 9.78 Å². The number of ether oxygens (including phenoxy) is 3. The number of piperazine rings is 1. The van der Waals surface area contributed by atoms with Crippen LogP contribution in [0.3, 0.4) is 0 Å². The molecule has 0 saturated carbocycles. The van der Waals surface area contributed by atoms with Crippen molar-refractivity contribution >= 4 is 11.8 Å². The van der Waals surface area contributed by atoms with E-state index >= 15 is 0 Å². The monoisotopic (exact) mass is 461 g/mol. The average molecular weight is 462 g/mol. The smallest absolute Gasteiger partial charge is 0.342 e. The van der Waals surface area contributed by atoms with Gasteiger partial charge in [0.25, 0.3) is 0 Å². The van der Waals surface area contributed by atoms with Gasteiger partial charge in [0.05, 0.1) is 13.2 Å². The number of methoxy groups -OCH3 is 1. The quantitative estimate of drug-likeness (QED) is 0.496. The first-order valence-corrected chi connectivity index (χ1v) is 11.6. The van der Waals surface area contributed by atoms with Crippen molar-refractivity contribution in [2.45, 2.75) is 32.4 Å². The molecule has 7 heteroatoms. The molecule has 2 aromatic carbocycles. The lowest BCUT2D eigenvalue weighted by molar-refractivity contribution is 0.0378. The van der Waals surface area contributed by atoms with Crippen LogP contribution in [0.4, 0.5) is 5.82 Å². The fourth-order valence-electron chi connectivity index (χ4n) is 4.03. The van der Waals surface area contributed by atoms with E-state index in [0.29, 0.717) is 11.4 Å². The van der Waals surface area contributed by atoms with Crippen LogP contribution >= 0.6 is 0 Å². The molecule has 2 heterocycles. The molecule has 7 nitrogen and oxygen atoms in total. The molecule has 34 heavy (non-hydrogen) atoms. The van der Waals surface area contributed by atoms with Crippen LogP contribution in [0.15, 0.2) is 66.9 Å².